The molecule has 1 aromatic rings. The summed E-state index contributed by atoms with van der Waals surface area (Å²) in [6.45, 7) is 5.02. The minimum absolute atomic E-state index is 0.237. The molecule has 0 aliphatic carbocycles. The molecule has 0 bridgehead atoms. The van der Waals surface area contributed by atoms with Gasteiger partial charge in [0.1, 0.15) is 0 Å². The predicted molar refractivity (Wildman–Crippen MR) is 57.1 cm³/mol. The predicted octanol–water partition coefficient (Wildman–Crippen LogP) is 1.81. The van der Waals surface area contributed by atoms with Crippen LogP contribution in [-0.4, -0.2) is 8.42 Å². The van der Waals surface area contributed by atoms with E-state index in [1.807, 2.05) is 30.3 Å². The van der Waals surface area contributed by atoms with E-state index in [1.54, 1.807) is 6.92 Å². The van der Waals surface area contributed by atoms with Crippen LogP contribution in [0, 0.1) is 0 Å². The minimum atomic E-state index is -3.35. The molecule has 1 aromatic carbocycles. The highest BCUT2D eigenvalue weighted by Crippen LogP contribution is 2.12. The molecule has 4 heteroatoms. The molecule has 0 saturated carbocycles. The third kappa shape index (κ3) is 2.97. The second kappa shape index (κ2) is 4.39. The third-order valence-electron chi connectivity index (χ3n) is 1.86. The van der Waals surface area contributed by atoms with Crippen molar-refractivity contribution in [1.82, 2.24) is 4.72 Å². The lowest BCUT2D eigenvalue weighted by molar-refractivity contribution is 0.576. The van der Waals surface area contributed by atoms with Crippen LogP contribution in [-0.2, 0) is 10.0 Å². The largest absolute Gasteiger partial charge is 0.233 e. The van der Waals surface area contributed by atoms with Gasteiger partial charge in [0.2, 0.25) is 10.0 Å². The summed E-state index contributed by atoms with van der Waals surface area (Å²) in [5, 5.41) is 0.909. The summed E-state index contributed by atoms with van der Waals surface area (Å²) in [6, 6.07) is 9.13. The van der Waals surface area contributed by atoms with Gasteiger partial charge in [-0.25, -0.2) is 13.1 Å². The Morgan fingerprint density at radius 1 is 1.36 bits per heavy atom. The van der Waals surface area contributed by atoms with Crippen LogP contribution in [0.5, 0.6) is 0 Å². The fourth-order valence-electron chi connectivity index (χ4n) is 1.10. The van der Waals surface area contributed by atoms with E-state index in [4.69, 9.17) is 0 Å². The first-order valence-corrected chi connectivity index (χ1v) is 5.79. The van der Waals surface area contributed by atoms with Gasteiger partial charge >= 0.3 is 0 Å². The van der Waals surface area contributed by atoms with Crippen LogP contribution in [0.2, 0.25) is 0 Å². The Balaban J connectivity index is 2.78. The zero-order valence-electron chi connectivity index (χ0n) is 7.97. The van der Waals surface area contributed by atoms with E-state index in [2.05, 4.69) is 11.3 Å². The van der Waals surface area contributed by atoms with Crippen molar-refractivity contribution in [2.24, 2.45) is 0 Å². The van der Waals surface area contributed by atoms with Crippen LogP contribution >= 0.6 is 0 Å². The average Bonchev–Trinajstić information content (AvgIpc) is 2.19. The van der Waals surface area contributed by atoms with Crippen LogP contribution in [0.15, 0.2) is 42.3 Å². The van der Waals surface area contributed by atoms with Crippen molar-refractivity contribution in [2.45, 2.75) is 13.0 Å². The molecule has 0 spiro atoms. The van der Waals surface area contributed by atoms with Crippen molar-refractivity contribution in [3.8, 4) is 0 Å². The fraction of sp³-hybridized carbons (Fsp3) is 0.200. The van der Waals surface area contributed by atoms with Gasteiger partial charge in [0.15, 0.2) is 0 Å². The smallest absolute Gasteiger partial charge is 0.208 e. The lowest BCUT2D eigenvalue weighted by Gasteiger charge is -2.12. The van der Waals surface area contributed by atoms with Crippen molar-refractivity contribution in [3.05, 3.63) is 47.9 Å². The standard InChI is InChI=1S/C10H13NO2S/c1-3-14(12,13)11-9(2)10-7-5-4-6-8-10/h3-9,11H,1H2,2H3/t9-/m0/s1. The van der Waals surface area contributed by atoms with Crippen LogP contribution in [0.4, 0.5) is 0 Å². The molecule has 14 heavy (non-hydrogen) atoms. The Bertz CT molecular complexity index is 397. The topological polar surface area (TPSA) is 46.2 Å². The SMILES string of the molecule is C=CS(=O)(=O)N[C@@H](C)c1ccccc1. The van der Waals surface area contributed by atoms with E-state index < -0.39 is 10.0 Å². The Hall–Kier alpha value is -1.13. The molecule has 0 aromatic heterocycles. The summed E-state index contributed by atoms with van der Waals surface area (Å²) < 4.78 is 24.8. The third-order valence-corrected chi connectivity index (χ3v) is 2.98. The lowest BCUT2D eigenvalue weighted by Crippen LogP contribution is -2.24. The highest BCUT2D eigenvalue weighted by Gasteiger charge is 2.11. The van der Waals surface area contributed by atoms with Crippen molar-refractivity contribution in [3.63, 3.8) is 0 Å². The molecule has 76 valence electrons. The summed E-state index contributed by atoms with van der Waals surface area (Å²) in [7, 11) is -3.35. The maximum Gasteiger partial charge on any atom is 0.233 e. The van der Waals surface area contributed by atoms with Crippen LogP contribution in [0.1, 0.15) is 18.5 Å². The Morgan fingerprint density at radius 2 is 1.93 bits per heavy atom. The summed E-state index contributed by atoms with van der Waals surface area (Å²) >= 11 is 0. The molecule has 1 N–H and O–H groups in total. The van der Waals surface area contributed by atoms with Gasteiger partial charge in [-0.3, -0.25) is 0 Å². The molecular weight excluding hydrogens is 198 g/mol. The van der Waals surface area contributed by atoms with Crippen molar-refractivity contribution in [2.75, 3.05) is 0 Å². The second-order valence-electron chi connectivity index (χ2n) is 2.96. The molecule has 3 nitrogen and oxygen atoms in total. The van der Waals surface area contributed by atoms with Gasteiger partial charge in [0.25, 0.3) is 0 Å². The van der Waals surface area contributed by atoms with E-state index in [9.17, 15) is 8.42 Å². The van der Waals surface area contributed by atoms with Gasteiger partial charge in [-0.05, 0) is 12.5 Å². The van der Waals surface area contributed by atoms with E-state index >= 15 is 0 Å². The first kappa shape index (κ1) is 10.9. The Kier molecular flexibility index (Phi) is 3.43. The highest BCUT2D eigenvalue weighted by atomic mass is 32.2. The lowest BCUT2D eigenvalue weighted by atomic mass is 10.1. The van der Waals surface area contributed by atoms with Gasteiger partial charge in [-0.15, -0.1) is 0 Å². The normalized spacial score (nSPS) is 13.5. The van der Waals surface area contributed by atoms with E-state index in [0.29, 0.717) is 0 Å². The van der Waals surface area contributed by atoms with Gasteiger partial charge in [0, 0.05) is 11.4 Å². The van der Waals surface area contributed by atoms with E-state index in [0.717, 1.165) is 11.0 Å². The molecule has 0 radical (unpaired) electrons. The molecule has 1 atom stereocenters. The number of sulfonamides is 1. The molecule has 1 rings (SSSR count). The second-order valence-corrected chi connectivity index (χ2v) is 4.62. The first-order chi connectivity index (χ1) is 6.55. The van der Waals surface area contributed by atoms with Crippen molar-refractivity contribution < 1.29 is 8.42 Å². The van der Waals surface area contributed by atoms with Gasteiger partial charge in [-0.1, -0.05) is 36.9 Å². The molecule has 0 aliphatic rings. The van der Waals surface area contributed by atoms with Crippen molar-refractivity contribution in [1.29, 1.82) is 0 Å². The van der Waals surface area contributed by atoms with Gasteiger partial charge < -0.3 is 0 Å². The number of hydrogen-bond donors (Lipinski definition) is 1. The average molecular weight is 211 g/mol. The zero-order chi connectivity index (χ0) is 10.6. The number of rotatable bonds is 4. The number of hydrogen-bond acceptors (Lipinski definition) is 2. The minimum Gasteiger partial charge on any atom is -0.208 e. The van der Waals surface area contributed by atoms with E-state index in [-0.39, 0.29) is 6.04 Å². The summed E-state index contributed by atoms with van der Waals surface area (Å²) in [6.07, 6.45) is 0. The summed E-state index contributed by atoms with van der Waals surface area (Å²) in [5.74, 6) is 0. The molecule has 0 amide bonds. The summed E-state index contributed by atoms with van der Waals surface area (Å²) in [4.78, 5) is 0. The maximum atomic E-state index is 11.2. The molecule has 0 unspecified atom stereocenters. The highest BCUT2D eigenvalue weighted by molar-refractivity contribution is 7.92. The van der Waals surface area contributed by atoms with Gasteiger partial charge in [-0.2, -0.15) is 0 Å². The monoisotopic (exact) mass is 211 g/mol. The first-order valence-electron chi connectivity index (χ1n) is 4.25. The number of benzene rings is 1. The number of nitrogens with one attached hydrogen (secondary N) is 1. The molecule has 0 heterocycles. The van der Waals surface area contributed by atoms with Crippen molar-refractivity contribution >= 4 is 10.0 Å². The van der Waals surface area contributed by atoms with Gasteiger partial charge in [0.05, 0.1) is 0 Å². The van der Waals surface area contributed by atoms with Crippen LogP contribution in [0.25, 0.3) is 0 Å². The zero-order valence-corrected chi connectivity index (χ0v) is 8.79. The Morgan fingerprint density at radius 3 is 2.43 bits per heavy atom. The fourth-order valence-corrected chi connectivity index (χ4v) is 1.83. The molecule has 0 fully saturated rings. The summed E-state index contributed by atoms with van der Waals surface area (Å²) in [5.41, 5.74) is 0.929. The van der Waals surface area contributed by atoms with Crippen LogP contribution in [0.3, 0.4) is 0 Å². The maximum absolute atomic E-state index is 11.2. The molecule has 0 aliphatic heterocycles. The molecule has 0 saturated heterocycles. The Labute approximate surface area is 84.5 Å². The quantitative estimate of drug-likeness (QED) is 0.825. The molecular formula is C10H13NO2S. The van der Waals surface area contributed by atoms with E-state index in [1.165, 1.54) is 0 Å². The van der Waals surface area contributed by atoms with Crippen LogP contribution < -0.4 is 4.72 Å².